The third kappa shape index (κ3) is 2.06. The quantitative estimate of drug-likeness (QED) is 0.678. The molecule has 0 aromatic rings. The number of carbonyl (C=O) groups excluding carboxylic acids is 1. The van der Waals surface area contributed by atoms with E-state index in [-0.39, 0.29) is 0 Å². The van der Waals surface area contributed by atoms with Gasteiger partial charge in [-0.05, 0) is 7.05 Å². The highest BCUT2D eigenvalue weighted by Crippen LogP contribution is 2.26. The maximum Gasteiger partial charge on any atom is 0.227 e. The lowest BCUT2D eigenvalue weighted by atomic mass is 10.00. The van der Waals surface area contributed by atoms with E-state index in [4.69, 9.17) is 0 Å². The van der Waals surface area contributed by atoms with Crippen LogP contribution in [0.15, 0.2) is 0 Å². The van der Waals surface area contributed by atoms with Crippen LogP contribution in [0.2, 0.25) is 0 Å². The summed E-state index contributed by atoms with van der Waals surface area (Å²) in [5.41, 5.74) is 0. The topological polar surface area (TPSA) is 23.6 Å². The first kappa shape index (κ1) is 10.3. The van der Waals surface area contributed by atoms with Crippen molar-refractivity contribution in [3.8, 4) is 0 Å². The molecule has 2 rings (SSSR count). The zero-order valence-electron chi connectivity index (χ0n) is 8.90. The Morgan fingerprint density at radius 2 is 2.14 bits per heavy atom. The number of thioether (sulfide) groups is 1. The molecule has 2 saturated heterocycles. The number of nitrogens with zero attached hydrogens (tertiary/aromatic N) is 2. The molecule has 2 aliphatic rings. The third-order valence-electron chi connectivity index (χ3n) is 3.04. The number of hydrogen-bond acceptors (Lipinski definition) is 3. The van der Waals surface area contributed by atoms with Crippen LogP contribution in [0.1, 0.15) is 0 Å². The summed E-state index contributed by atoms with van der Waals surface area (Å²) < 4.78 is 0. The van der Waals surface area contributed by atoms with Gasteiger partial charge in [-0.15, -0.1) is 0 Å². The molecule has 2 fully saturated rings. The van der Waals surface area contributed by atoms with Crippen LogP contribution in [0.3, 0.4) is 0 Å². The van der Waals surface area contributed by atoms with Gasteiger partial charge in [0.2, 0.25) is 5.91 Å². The Bertz CT molecular complexity index is 224. The fourth-order valence-electron chi connectivity index (χ4n) is 2.11. The lowest BCUT2D eigenvalue weighted by molar-refractivity contribution is -0.134. The van der Waals surface area contributed by atoms with Crippen LogP contribution >= 0.6 is 11.8 Å². The van der Waals surface area contributed by atoms with Crippen molar-refractivity contribution in [3.63, 3.8) is 0 Å². The number of rotatable bonds is 3. The fourth-order valence-corrected chi connectivity index (χ4v) is 2.87. The van der Waals surface area contributed by atoms with Crippen LogP contribution in [0.25, 0.3) is 0 Å². The molecule has 0 aliphatic carbocycles. The fraction of sp³-hybridized carbons (Fsp3) is 0.900. The Morgan fingerprint density at radius 3 is 2.57 bits per heavy atom. The van der Waals surface area contributed by atoms with Gasteiger partial charge in [-0.25, -0.2) is 0 Å². The van der Waals surface area contributed by atoms with Crippen molar-refractivity contribution in [2.24, 2.45) is 11.8 Å². The van der Waals surface area contributed by atoms with Gasteiger partial charge in [0.15, 0.2) is 0 Å². The molecule has 4 heteroatoms. The monoisotopic (exact) mass is 214 g/mol. The van der Waals surface area contributed by atoms with Crippen molar-refractivity contribution in [3.05, 3.63) is 0 Å². The van der Waals surface area contributed by atoms with Crippen LogP contribution in [0, 0.1) is 11.8 Å². The van der Waals surface area contributed by atoms with Crippen LogP contribution in [0.4, 0.5) is 0 Å². The van der Waals surface area contributed by atoms with Crippen LogP contribution in [-0.2, 0) is 4.79 Å². The number of hydrogen-bond donors (Lipinski definition) is 0. The Labute approximate surface area is 89.8 Å². The van der Waals surface area contributed by atoms with Gasteiger partial charge in [0.1, 0.15) is 0 Å². The second-order valence-corrected chi connectivity index (χ2v) is 5.62. The molecule has 0 N–H and O–H groups in total. The molecular formula is C10H18N2OS. The molecule has 3 nitrogen and oxygen atoms in total. The molecule has 0 bridgehead atoms. The Hall–Kier alpha value is -0.220. The molecule has 14 heavy (non-hydrogen) atoms. The summed E-state index contributed by atoms with van der Waals surface area (Å²) in [6.45, 7) is 3.25. The van der Waals surface area contributed by atoms with Crippen molar-refractivity contribution in [1.29, 1.82) is 0 Å². The summed E-state index contributed by atoms with van der Waals surface area (Å²) in [5, 5.41) is 0. The van der Waals surface area contributed by atoms with Gasteiger partial charge in [0.05, 0.1) is 5.92 Å². The number of carbonyl (C=O) groups is 1. The second kappa shape index (κ2) is 4.11. The summed E-state index contributed by atoms with van der Waals surface area (Å²) in [6, 6.07) is 0. The SMILES string of the molecule is CN1CC(CN(C)C(=O)C2CSC2)C1. The first-order valence-corrected chi connectivity index (χ1v) is 6.33. The van der Waals surface area contributed by atoms with E-state index in [0.717, 1.165) is 31.1 Å². The lowest BCUT2D eigenvalue weighted by Crippen LogP contribution is -2.51. The molecule has 2 aliphatic heterocycles. The minimum absolute atomic E-state index is 0.322. The van der Waals surface area contributed by atoms with Gasteiger partial charge >= 0.3 is 0 Å². The van der Waals surface area contributed by atoms with E-state index in [1.54, 1.807) is 0 Å². The molecule has 0 aromatic carbocycles. The molecule has 0 radical (unpaired) electrons. The maximum absolute atomic E-state index is 11.8. The van der Waals surface area contributed by atoms with Gasteiger partial charge in [-0.3, -0.25) is 4.79 Å². The molecule has 0 unspecified atom stereocenters. The van der Waals surface area contributed by atoms with Crippen LogP contribution < -0.4 is 0 Å². The van der Waals surface area contributed by atoms with E-state index in [1.807, 2.05) is 23.7 Å². The van der Waals surface area contributed by atoms with E-state index in [1.165, 1.54) is 0 Å². The predicted octanol–water partition coefficient (Wildman–Crippen LogP) is 0.369. The highest BCUT2D eigenvalue weighted by atomic mass is 32.2. The molecule has 80 valence electrons. The zero-order chi connectivity index (χ0) is 10.1. The predicted molar refractivity (Wildman–Crippen MR) is 59.4 cm³/mol. The highest BCUT2D eigenvalue weighted by Gasteiger charge is 2.31. The van der Waals surface area contributed by atoms with E-state index in [2.05, 4.69) is 11.9 Å². The minimum atomic E-state index is 0.322. The number of likely N-dealkylation sites (tertiary alicyclic amines) is 1. The van der Waals surface area contributed by atoms with Gasteiger partial charge in [0, 0.05) is 44.1 Å². The summed E-state index contributed by atoms with van der Waals surface area (Å²) in [7, 11) is 4.07. The van der Waals surface area contributed by atoms with Gasteiger partial charge in [-0.1, -0.05) is 0 Å². The van der Waals surface area contributed by atoms with E-state index < -0.39 is 0 Å². The third-order valence-corrected chi connectivity index (χ3v) is 4.31. The largest absolute Gasteiger partial charge is 0.345 e. The van der Waals surface area contributed by atoms with Gasteiger partial charge < -0.3 is 9.80 Å². The smallest absolute Gasteiger partial charge is 0.227 e. The lowest BCUT2D eigenvalue weighted by Gasteiger charge is -2.39. The zero-order valence-corrected chi connectivity index (χ0v) is 9.72. The first-order chi connectivity index (χ1) is 6.66. The van der Waals surface area contributed by atoms with Crippen LogP contribution in [0.5, 0.6) is 0 Å². The van der Waals surface area contributed by atoms with Crippen molar-refractivity contribution in [2.75, 3.05) is 45.2 Å². The highest BCUT2D eigenvalue weighted by molar-refractivity contribution is 8.00. The molecular weight excluding hydrogens is 196 g/mol. The second-order valence-electron chi connectivity index (χ2n) is 4.54. The molecule has 1 amide bonds. The average Bonchev–Trinajstić information content (AvgIpc) is 1.98. The maximum atomic E-state index is 11.8. The first-order valence-electron chi connectivity index (χ1n) is 5.18. The molecule has 2 heterocycles. The van der Waals surface area contributed by atoms with E-state index in [9.17, 15) is 4.79 Å². The Balaban J connectivity index is 1.71. The summed E-state index contributed by atoms with van der Waals surface area (Å²) in [4.78, 5) is 16.0. The molecule has 0 aromatic heterocycles. The standard InChI is InChI=1S/C10H18N2OS/c1-11-3-8(4-11)5-12(2)10(13)9-6-14-7-9/h8-9H,3-7H2,1-2H3. The Morgan fingerprint density at radius 1 is 1.50 bits per heavy atom. The summed E-state index contributed by atoms with van der Waals surface area (Å²) in [5.74, 6) is 3.46. The summed E-state index contributed by atoms with van der Waals surface area (Å²) >= 11 is 1.87. The van der Waals surface area contributed by atoms with Gasteiger partial charge in [-0.2, -0.15) is 11.8 Å². The van der Waals surface area contributed by atoms with Crippen molar-refractivity contribution in [1.82, 2.24) is 9.80 Å². The van der Waals surface area contributed by atoms with E-state index >= 15 is 0 Å². The summed E-state index contributed by atoms with van der Waals surface area (Å²) in [6.07, 6.45) is 0. The normalized spacial score (nSPS) is 24.1. The average molecular weight is 214 g/mol. The van der Waals surface area contributed by atoms with Crippen molar-refractivity contribution < 1.29 is 4.79 Å². The molecule has 0 atom stereocenters. The van der Waals surface area contributed by atoms with Gasteiger partial charge in [0.25, 0.3) is 0 Å². The van der Waals surface area contributed by atoms with Crippen molar-refractivity contribution >= 4 is 17.7 Å². The Kier molecular flexibility index (Phi) is 3.02. The minimum Gasteiger partial charge on any atom is -0.345 e. The molecule has 0 spiro atoms. The van der Waals surface area contributed by atoms with Crippen LogP contribution in [-0.4, -0.2) is 60.9 Å². The van der Waals surface area contributed by atoms with E-state index in [0.29, 0.717) is 17.7 Å². The van der Waals surface area contributed by atoms with Crippen molar-refractivity contribution in [2.45, 2.75) is 0 Å². The molecule has 0 saturated carbocycles. The number of amides is 1.